The largest absolute Gasteiger partial charge is 0.435 e. The Kier molecular flexibility index (Phi) is 5.72. The van der Waals surface area contributed by atoms with Crippen LogP contribution in [0.15, 0.2) is 54.0 Å². The maximum atomic E-state index is 13.2. The van der Waals surface area contributed by atoms with E-state index in [0.29, 0.717) is 10.7 Å². The van der Waals surface area contributed by atoms with Gasteiger partial charge in [-0.25, -0.2) is 9.67 Å². The molecule has 1 unspecified atom stereocenters. The number of fused-ring (bicyclic) bond motifs is 1. The summed E-state index contributed by atoms with van der Waals surface area (Å²) in [6.07, 6.45) is -4.61. The van der Waals surface area contributed by atoms with Gasteiger partial charge in [0.15, 0.2) is 5.69 Å². The van der Waals surface area contributed by atoms with Crippen LogP contribution in [0.1, 0.15) is 29.8 Å². The number of nitrogens with zero attached hydrogens (tertiary/aromatic N) is 3. The van der Waals surface area contributed by atoms with Gasteiger partial charge in [-0.05, 0) is 42.8 Å². The molecule has 4 aromatic rings. The van der Waals surface area contributed by atoms with Crippen molar-refractivity contribution in [3.8, 4) is 5.69 Å². The number of carbonyl (C=O) groups is 1. The van der Waals surface area contributed by atoms with Gasteiger partial charge < -0.3 is 5.32 Å². The van der Waals surface area contributed by atoms with E-state index in [0.717, 1.165) is 26.5 Å². The van der Waals surface area contributed by atoms with Gasteiger partial charge in [-0.3, -0.25) is 4.79 Å². The van der Waals surface area contributed by atoms with Crippen molar-refractivity contribution in [1.29, 1.82) is 0 Å². The Morgan fingerprint density at radius 1 is 1.23 bits per heavy atom. The molecule has 2 aromatic carbocycles. The summed E-state index contributed by atoms with van der Waals surface area (Å²) in [5, 5.41) is 6.77. The number of halogens is 4. The highest BCUT2D eigenvalue weighted by Crippen LogP contribution is 2.31. The molecule has 0 aliphatic carbocycles. The van der Waals surface area contributed by atoms with Crippen LogP contribution in [0.4, 0.5) is 13.2 Å². The van der Waals surface area contributed by atoms with Gasteiger partial charge in [-0.1, -0.05) is 29.8 Å². The highest BCUT2D eigenvalue weighted by molar-refractivity contribution is 7.17. The van der Waals surface area contributed by atoms with Crippen LogP contribution in [0.25, 0.3) is 15.9 Å². The molecule has 160 valence electrons. The third-order valence-corrected chi connectivity index (χ3v) is 5.94. The number of alkyl halides is 3. The van der Waals surface area contributed by atoms with E-state index in [9.17, 15) is 18.0 Å². The van der Waals surface area contributed by atoms with E-state index >= 15 is 0 Å². The van der Waals surface area contributed by atoms with Crippen LogP contribution in [-0.2, 0) is 17.5 Å². The Labute approximate surface area is 184 Å². The molecule has 0 saturated heterocycles. The summed E-state index contributed by atoms with van der Waals surface area (Å²) in [5.41, 5.74) is 2.84. The highest BCUT2D eigenvalue weighted by Gasteiger charge is 2.35. The van der Waals surface area contributed by atoms with Crippen molar-refractivity contribution >= 4 is 39.1 Å². The Morgan fingerprint density at radius 2 is 2.00 bits per heavy atom. The Hall–Kier alpha value is -2.91. The van der Waals surface area contributed by atoms with Crippen molar-refractivity contribution in [2.75, 3.05) is 0 Å². The SMILES string of the molecule is CC(C(=O)NCc1cc(C(F)(F)F)nn1-c1cccc(Cl)c1)c1cccc2ncsc12. The van der Waals surface area contributed by atoms with E-state index < -0.39 is 17.8 Å². The molecule has 0 bridgehead atoms. The van der Waals surface area contributed by atoms with Gasteiger partial charge in [-0.2, -0.15) is 18.3 Å². The lowest BCUT2D eigenvalue weighted by atomic mass is 10.00. The number of hydrogen-bond acceptors (Lipinski definition) is 4. The van der Waals surface area contributed by atoms with Gasteiger partial charge in [0.05, 0.1) is 39.6 Å². The predicted octanol–water partition coefficient (Wildman–Crippen LogP) is 5.57. The molecule has 5 nitrogen and oxygen atoms in total. The smallest absolute Gasteiger partial charge is 0.350 e. The molecular formula is C21H16ClF3N4OS. The lowest BCUT2D eigenvalue weighted by molar-refractivity contribution is -0.141. The zero-order valence-electron chi connectivity index (χ0n) is 16.2. The second-order valence-electron chi connectivity index (χ2n) is 6.90. The third-order valence-electron chi connectivity index (χ3n) is 4.82. The maximum Gasteiger partial charge on any atom is 0.435 e. The van der Waals surface area contributed by atoms with Crippen LogP contribution < -0.4 is 5.32 Å². The fourth-order valence-corrected chi connectivity index (χ4v) is 4.32. The summed E-state index contributed by atoms with van der Waals surface area (Å²) in [6.45, 7) is 1.62. The number of amides is 1. The van der Waals surface area contributed by atoms with Crippen LogP contribution in [0, 0.1) is 0 Å². The summed E-state index contributed by atoms with van der Waals surface area (Å²) in [6, 6.07) is 12.8. The van der Waals surface area contributed by atoms with E-state index in [-0.39, 0.29) is 18.1 Å². The summed E-state index contributed by atoms with van der Waals surface area (Å²) in [7, 11) is 0. The van der Waals surface area contributed by atoms with E-state index in [1.165, 1.54) is 17.4 Å². The maximum absolute atomic E-state index is 13.2. The van der Waals surface area contributed by atoms with E-state index in [2.05, 4.69) is 15.4 Å². The molecule has 10 heteroatoms. The summed E-state index contributed by atoms with van der Waals surface area (Å²) in [5.74, 6) is -0.818. The average Bonchev–Trinajstić information content (AvgIpc) is 3.38. The van der Waals surface area contributed by atoms with Gasteiger partial charge in [-0.15, -0.1) is 11.3 Å². The second kappa shape index (κ2) is 8.32. The molecule has 2 aromatic heterocycles. The summed E-state index contributed by atoms with van der Waals surface area (Å²) >= 11 is 7.42. The zero-order chi connectivity index (χ0) is 22.2. The van der Waals surface area contributed by atoms with Crippen molar-refractivity contribution in [2.45, 2.75) is 25.6 Å². The molecule has 1 N–H and O–H groups in total. The van der Waals surface area contributed by atoms with Crippen LogP contribution in [0.5, 0.6) is 0 Å². The normalized spacial score (nSPS) is 12.8. The zero-order valence-corrected chi connectivity index (χ0v) is 17.7. The van der Waals surface area contributed by atoms with Crippen molar-refractivity contribution in [3.05, 3.63) is 76.0 Å². The fraction of sp³-hybridized carbons (Fsp3) is 0.190. The molecule has 2 heterocycles. The molecule has 0 aliphatic rings. The Balaban J connectivity index is 1.59. The first-order valence-electron chi connectivity index (χ1n) is 9.26. The molecule has 0 aliphatic heterocycles. The van der Waals surface area contributed by atoms with Gasteiger partial charge in [0, 0.05) is 5.02 Å². The minimum atomic E-state index is -4.61. The molecule has 4 rings (SSSR count). The molecule has 0 saturated carbocycles. The second-order valence-corrected chi connectivity index (χ2v) is 8.19. The van der Waals surface area contributed by atoms with Crippen LogP contribution in [0.2, 0.25) is 5.02 Å². The first kappa shape index (κ1) is 21.3. The van der Waals surface area contributed by atoms with Gasteiger partial charge in [0.25, 0.3) is 0 Å². The number of thiazole rings is 1. The number of rotatable bonds is 5. The minimum Gasteiger partial charge on any atom is -0.350 e. The highest BCUT2D eigenvalue weighted by atomic mass is 35.5. The number of carbonyl (C=O) groups excluding carboxylic acids is 1. The first-order chi connectivity index (χ1) is 14.7. The van der Waals surface area contributed by atoms with Gasteiger partial charge >= 0.3 is 6.18 Å². The van der Waals surface area contributed by atoms with Crippen molar-refractivity contribution in [2.24, 2.45) is 0 Å². The van der Waals surface area contributed by atoms with Crippen LogP contribution >= 0.6 is 22.9 Å². The van der Waals surface area contributed by atoms with Gasteiger partial charge in [0.2, 0.25) is 5.91 Å². The lowest BCUT2D eigenvalue weighted by Crippen LogP contribution is -2.28. The quantitative estimate of drug-likeness (QED) is 0.420. The van der Waals surface area contributed by atoms with E-state index in [1.807, 2.05) is 18.2 Å². The summed E-state index contributed by atoms with van der Waals surface area (Å²) < 4.78 is 41.8. The first-order valence-corrected chi connectivity index (χ1v) is 10.5. The van der Waals surface area contributed by atoms with Crippen molar-refractivity contribution in [3.63, 3.8) is 0 Å². The Bertz CT molecular complexity index is 1250. The van der Waals surface area contributed by atoms with Gasteiger partial charge in [0.1, 0.15) is 0 Å². The molecule has 0 radical (unpaired) electrons. The monoisotopic (exact) mass is 464 g/mol. The molecule has 0 fully saturated rings. The lowest BCUT2D eigenvalue weighted by Gasteiger charge is -2.14. The number of hydrogen-bond donors (Lipinski definition) is 1. The van der Waals surface area contributed by atoms with E-state index in [1.54, 1.807) is 30.6 Å². The van der Waals surface area contributed by atoms with Crippen LogP contribution in [0.3, 0.4) is 0 Å². The summed E-state index contributed by atoms with van der Waals surface area (Å²) in [4.78, 5) is 17.0. The topological polar surface area (TPSA) is 59.8 Å². The van der Waals surface area contributed by atoms with Crippen molar-refractivity contribution < 1.29 is 18.0 Å². The third kappa shape index (κ3) is 4.42. The number of nitrogens with one attached hydrogen (secondary N) is 1. The molecule has 31 heavy (non-hydrogen) atoms. The van der Waals surface area contributed by atoms with Crippen LogP contribution in [-0.4, -0.2) is 20.7 Å². The molecule has 1 atom stereocenters. The van der Waals surface area contributed by atoms with E-state index in [4.69, 9.17) is 11.6 Å². The minimum absolute atomic E-state index is 0.128. The predicted molar refractivity (Wildman–Crippen MR) is 113 cm³/mol. The standard InChI is InChI=1S/C21H16ClF3N4OS/c1-12(16-6-3-7-17-19(16)31-11-27-17)20(30)26-10-15-9-18(21(23,24)25)28-29(15)14-5-2-4-13(22)8-14/h2-9,11-12H,10H2,1H3,(H,26,30). The molecule has 0 spiro atoms. The number of aromatic nitrogens is 3. The molecule has 1 amide bonds. The fourth-order valence-electron chi connectivity index (χ4n) is 3.24. The van der Waals surface area contributed by atoms with Crippen molar-refractivity contribution in [1.82, 2.24) is 20.1 Å². The average molecular weight is 465 g/mol. The number of benzene rings is 2. The molecular weight excluding hydrogens is 449 g/mol. The Morgan fingerprint density at radius 3 is 2.74 bits per heavy atom.